The van der Waals surface area contributed by atoms with Gasteiger partial charge in [-0.1, -0.05) is 146 Å². The number of ether oxygens (including phenoxy) is 2. The lowest BCUT2D eigenvalue weighted by molar-refractivity contribution is -0.143. The fraction of sp³-hybridized carbons (Fsp3) is 0.600. The smallest absolute Gasteiger partial charge is 0.323 e. The van der Waals surface area contributed by atoms with Crippen molar-refractivity contribution in [3.63, 3.8) is 0 Å². The van der Waals surface area contributed by atoms with Crippen molar-refractivity contribution >= 4 is 11.9 Å². The fourth-order valence-corrected chi connectivity index (χ4v) is 5.48. The van der Waals surface area contributed by atoms with Gasteiger partial charge in [0.25, 0.3) is 0 Å². The maximum Gasteiger partial charge on any atom is 0.323 e. The van der Waals surface area contributed by atoms with Crippen molar-refractivity contribution < 1.29 is 19.1 Å². The van der Waals surface area contributed by atoms with E-state index < -0.39 is 5.92 Å². The summed E-state index contributed by atoms with van der Waals surface area (Å²) in [5, 5.41) is 0. The summed E-state index contributed by atoms with van der Waals surface area (Å²) >= 11 is 0. The number of esters is 2. The molecular weight excluding hydrogens is 484 g/mol. The van der Waals surface area contributed by atoms with Crippen molar-refractivity contribution in [1.29, 1.82) is 0 Å². The summed E-state index contributed by atoms with van der Waals surface area (Å²) in [4.78, 5) is 24.7. The van der Waals surface area contributed by atoms with Gasteiger partial charge in [0.15, 0.2) is 0 Å². The van der Waals surface area contributed by atoms with Crippen LogP contribution < -0.4 is 4.74 Å². The standard InChI is InChI=1S/C35H50O4/c1-2-3-4-5-6-7-8-9-10-11-12-13-14-15-16-20-27-38-33(36)26-24-29-23-25-32-31(28-29)34(35(37)39-32)30-21-18-17-19-22-30/h17-19,21-23,25,28,34H,2-16,20,24,26-27H2,1H3. The Morgan fingerprint density at radius 2 is 1.31 bits per heavy atom. The fourth-order valence-electron chi connectivity index (χ4n) is 5.48. The number of hydrogen-bond acceptors (Lipinski definition) is 4. The van der Waals surface area contributed by atoms with Crippen LogP contribution in [0.1, 0.15) is 139 Å². The molecule has 2 aromatic rings. The van der Waals surface area contributed by atoms with Crippen molar-refractivity contribution in [1.82, 2.24) is 0 Å². The Morgan fingerprint density at radius 3 is 1.90 bits per heavy atom. The minimum Gasteiger partial charge on any atom is -0.466 e. The van der Waals surface area contributed by atoms with Crippen molar-refractivity contribution in [2.24, 2.45) is 0 Å². The quantitative estimate of drug-likeness (QED) is 0.0909. The van der Waals surface area contributed by atoms with Crippen LogP contribution in [0.3, 0.4) is 0 Å². The van der Waals surface area contributed by atoms with Crippen LogP contribution in [0.5, 0.6) is 5.75 Å². The topological polar surface area (TPSA) is 52.6 Å². The van der Waals surface area contributed by atoms with E-state index in [1.807, 2.05) is 48.5 Å². The molecule has 1 atom stereocenters. The van der Waals surface area contributed by atoms with Crippen LogP contribution in [-0.4, -0.2) is 18.5 Å². The normalized spacial score (nSPS) is 14.3. The number of rotatable bonds is 21. The van der Waals surface area contributed by atoms with E-state index in [0.717, 1.165) is 29.5 Å². The van der Waals surface area contributed by atoms with Gasteiger partial charge in [0.2, 0.25) is 0 Å². The Balaban J connectivity index is 1.17. The Morgan fingerprint density at radius 1 is 0.744 bits per heavy atom. The molecule has 2 aromatic carbocycles. The van der Waals surface area contributed by atoms with Gasteiger partial charge < -0.3 is 9.47 Å². The maximum atomic E-state index is 12.4. The third-order valence-corrected chi connectivity index (χ3v) is 7.84. The number of fused-ring (bicyclic) bond motifs is 1. The molecule has 0 fully saturated rings. The highest BCUT2D eigenvalue weighted by Gasteiger charge is 2.34. The number of unbranched alkanes of at least 4 members (excludes halogenated alkanes) is 15. The molecule has 214 valence electrons. The molecule has 1 heterocycles. The third-order valence-electron chi connectivity index (χ3n) is 7.84. The summed E-state index contributed by atoms with van der Waals surface area (Å²) in [5.41, 5.74) is 2.83. The van der Waals surface area contributed by atoms with Crippen LogP contribution in [0.25, 0.3) is 0 Å². The van der Waals surface area contributed by atoms with Crippen molar-refractivity contribution in [3.05, 3.63) is 65.2 Å². The first kappa shape index (κ1) is 30.9. The van der Waals surface area contributed by atoms with E-state index in [-0.39, 0.29) is 11.9 Å². The summed E-state index contributed by atoms with van der Waals surface area (Å²) in [6, 6.07) is 15.5. The van der Waals surface area contributed by atoms with Crippen molar-refractivity contribution in [2.45, 2.75) is 128 Å². The summed E-state index contributed by atoms with van der Waals surface area (Å²) in [5.74, 6) is -0.179. The van der Waals surface area contributed by atoms with Gasteiger partial charge >= 0.3 is 11.9 Å². The molecule has 0 bridgehead atoms. The van der Waals surface area contributed by atoms with E-state index in [1.54, 1.807) is 0 Å². The van der Waals surface area contributed by atoms with Gasteiger partial charge in [-0.15, -0.1) is 0 Å². The highest BCUT2D eigenvalue weighted by molar-refractivity contribution is 5.89. The number of hydrogen-bond donors (Lipinski definition) is 0. The SMILES string of the molecule is CCCCCCCCCCCCCCCCCCOC(=O)CCc1ccc2c(c1)C(c1ccccc1)C(=O)O2. The zero-order valence-electron chi connectivity index (χ0n) is 24.3. The molecule has 4 nitrogen and oxygen atoms in total. The molecule has 1 unspecified atom stereocenters. The summed E-state index contributed by atoms with van der Waals surface area (Å²) in [7, 11) is 0. The first-order valence-electron chi connectivity index (χ1n) is 15.7. The summed E-state index contributed by atoms with van der Waals surface area (Å²) < 4.78 is 10.9. The Labute approximate surface area is 236 Å². The van der Waals surface area contributed by atoms with Gasteiger partial charge in [-0.3, -0.25) is 9.59 Å². The van der Waals surface area contributed by atoms with E-state index in [2.05, 4.69) is 6.92 Å². The predicted molar refractivity (Wildman–Crippen MR) is 159 cm³/mol. The van der Waals surface area contributed by atoms with Crippen LogP contribution in [0, 0.1) is 0 Å². The summed E-state index contributed by atoms with van der Waals surface area (Å²) in [6.07, 6.45) is 22.3. The van der Waals surface area contributed by atoms with Gasteiger partial charge in [-0.25, -0.2) is 0 Å². The van der Waals surface area contributed by atoms with Crippen LogP contribution in [0.2, 0.25) is 0 Å². The average Bonchev–Trinajstić information content (AvgIpc) is 3.28. The Hall–Kier alpha value is -2.62. The molecule has 0 amide bonds. The molecule has 0 saturated heterocycles. The van der Waals surface area contributed by atoms with Gasteiger partial charge in [0.1, 0.15) is 11.7 Å². The molecule has 4 heteroatoms. The summed E-state index contributed by atoms with van der Waals surface area (Å²) in [6.45, 7) is 2.79. The molecule has 0 N–H and O–H groups in total. The number of carbonyl (C=O) groups excluding carboxylic acids is 2. The number of carbonyl (C=O) groups is 2. The van der Waals surface area contributed by atoms with E-state index in [0.29, 0.717) is 25.2 Å². The molecule has 1 aliphatic rings. The zero-order valence-corrected chi connectivity index (χ0v) is 24.3. The lowest BCUT2D eigenvalue weighted by atomic mass is 9.91. The Bertz CT molecular complexity index is 968. The molecule has 3 rings (SSSR count). The van der Waals surface area contributed by atoms with Crippen LogP contribution in [-0.2, 0) is 20.7 Å². The monoisotopic (exact) mass is 534 g/mol. The number of aryl methyl sites for hydroxylation is 1. The third kappa shape index (κ3) is 11.6. The lowest BCUT2D eigenvalue weighted by Crippen LogP contribution is -2.11. The minimum absolute atomic E-state index is 0.150. The van der Waals surface area contributed by atoms with Gasteiger partial charge in [-0.2, -0.15) is 0 Å². The second-order valence-electron chi connectivity index (χ2n) is 11.2. The van der Waals surface area contributed by atoms with Crippen LogP contribution >= 0.6 is 0 Å². The minimum atomic E-state index is -0.400. The molecule has 0 spiro atoms. The van der Waals surface area contributed by atoms with E-state index in [9.17, 15) is 9.59 Å². The van der Waals surface area contributed by atoms with E-state index >= 15 is 0 Å². The molecule has 0 aromatic heterocycles. The molecule has 0 saturated carbocycles. The van der Waals surface area contributed by atoms with Crippen molar-refractivity contribution in [2.75, 3.05) is 6.61 Å². The lowest BCUT2D eigenvalue weighted by Gasteiger charge is -2.09. The van der Waals surface area contributed by atoms with Gasteiger partial charge in [0.05, 0.1) is 6.61 Å². The highest BCUT2D eigenvalue weighted by atomic mass is 16.5. The first-order chi connectivity index (χ1) is 19.2. The predicted octanol–water partition coefficient (Wildman–Crippen LogP) is 9.47. The molecular formula is C35H50O4. The van der Waals surface area contributed by atoms with Crippen molar-refractivity contribution in [3.8, 4) is 5.75 Å². The largest absolute Gasteiger partial charge is 0.466 e. The number of benzene rings is 2. The highest BCUT2D eigenvalue weighted by Crippen LogP contribution is 2.39. The average molecular weight is 535 g/mol. The molecule has 39 heavy (non-hydrogen) atoms. The molecule has 0 radical (unpaired) electrons. The first-order valence-corrected chi connectivity index (χ1v) is 15.7. The van der Waals surface area contributed by atoms with Gasteiger partial charge in [0, 0.05) is 12.0 Å². The van der Waals surface area contributed by atoms with Crippen LogP contribution in [0.4, 0.5) is 0 Å². The van der Waals surface area contributed by atoms with E-state index in [1.165, 1.54) is 89.9 Å². The van der Waals surface area contributed by atoms with Crippen LogP contribution in [0.15, 0.2) is 48.5 Å². The maximum absolute atomic E-state index is 12.4. The molecule has 0 aliphatic carbocycles. The second-order valence-corrected chi connectivity index (χ2v) is 11.2. The molecule has 1 aliphatic heterocycles. The zero-order chi connectivity index (χ0) is 27.5. The second kappa shape index (κ2) is 18.6. The van der Waals surface area contributed by atoms with Gasteiger partial charge in [-0.05, 0) is 30.0 Å². The Kier molecular flexibility index (Phi) is 14.8. The van der Waals surface area contributed by atoms with E-state index in [4.69, 9.17) is 9.47 Å².